The largest absolute Gasteiger partial charge is 0.488 e. The van der Waals surface area contributed by atoms with Crippen molar-refractivity contribution in [3.63, 3.8) is 0 Å². The first-order valence-electron chi connectivity index (χ1n) is 14.7. The molecular weight excluding hydrogens is 540 g/mol. The Hall–Kier alpha value is -4.85. The van der Waals surface area contributed by atoms with E-state index in [0.29, 0.717) is 43.1 Å². The zero-order valence-electron chi connectivity index (χ0n) is 25.0. The van der Waals surface area contributed by atoms with Crippen LogP contribution in [-0.4, -0.2) is 20.8 Å². The Morgan fingerprint density at radius 3 is 2.16 bits per heavy atom. The summed E-state index contributed by atoms with van der Waals surface area (Å²) >= 11 is 0. The van der Waals surface area contributed by atoms with E-state index in [9.17, 15) is 4.79 Å². The highest BCUT2D eigenvalue weighted by Crippen LogP contribution is 2.36. The van der Waals surface area contributed by atoms with Crippen molar-refractivity contribution in [3.05, 3.63) is 119 Å². The Bertz CT molecular complexity index is 1640. The zero-order chi connectivity index (χ0) is 30.2. The van der Waals surface area contributed by atoms with Crippen LogP contribution in [-0.2, 0) is 32.6 Å². The van der Waals surface area contributed by atoms with E-state index in [1.54, 1.807) is 0 Å². The lowest BCUT2D eigenvalue weighted by atomic mass is 9.95. The molecule has 2 N–H and O–H groups in total. The fourth-order valence-corrected chi connectivity index (χ4v) is 5.03. The molecule has 0 aliphatic rings. The molecule has 222 valence electrons. The van der Waals surface area contributed by atoms with Gasteiger partial charge in [-0.2, -0.15) is 5.10 Å². The molecule has 0 spiro atoms. The molecule has 0 atom stereocenters. The number of benzene rings is 3. The van der Waals surface area contributed by atoms with Gasteiger partial charge in [-0.15, -0.1) is 0 Å². The third-order valence-corrected chi connectivity index (χ3v) is 7.26. The number of nitrogens with two attached hydrogens (primary N) is 1. The molecule has 5 rings (SSSR count). The standard InChI is InChI=1S/C35H38N4O4/c1-4-18-39-19-17-29(37-39)33-30(43-38-34(33)35(36)40)16-15-27-20-28(24(2)3)32(42-23-26-13-9-6-10-14-26)21-31(27)41-22-25-11-7-5-8-12-25/h5-14,17,19-21,24H,4,15-16,18,22-23H2,1-3H3,(H2,36,40). The third-order valence-electron chi connectivity index (χ3n) is 7.26. The predicted octanol–water partition coefficient (Wildman–Crippen LogP) is 7.11. The van der Waals surface area contributed by atoms with Crippen LogP contribution < -0.4 is 15.2 Å². The van der Waals surface area contributed by atoms with Crippen LogP contribution in [0.15, 0.2) is 89.6 Å². The fraction of sp³-hybridized carbons (Fsp3) is 0.286. The van der Waals surface area contributed by atoms with Gasteiger partial charge >= 0.3 is 0 Å². The Morgan fingerprint density at radius 2 is 1.56 bits per heavy atom. The van der Waals surface area contributed by atoms with E-state index in [0.717, 1.165) is 46.7 Å². The van der Waals surface area contributed by atoms with Gasteiger partial charge in [-0.05, 0) is 53.1 Å². The van der Waals surface area contributed by atoms with Gasteiger partial charge in [0.05, 0.1) is 11.3 Å². The van der Waals surface area contributed by atoms with Gasteiger partial charge in [-0.3, -0.25) is 9.48 Å². The Morgan fingerprint density at radius 1 is 0.907 bits per heavy atom. The number of nitrogens with zero attached hydrogens (tertiary/aromatic N) is 3. The molecule has 0 bridgehead atoms. The second-order valence-corrected chi connectivity index (χ2v) is 10.9. The van der Waals surface area contributed by atoms with Gasteiger partial charge in [0.15, 0.2) is 5.69 Å². The lowest BCUT2D eigenvalue weighted by Gasteiger charge is -2.20. The second kappa shape index (κ2) is 13.9. The van der Waals surface area contributed by atoms with Gasteiger partial charge in [0.25, 0.3) is 5.91 Å². The molecule has 0 fully saturated rings. The van der Waals surface area contributed by atoms with E-state index in [2.05, 4.69) is 49.2 Å². The lowest BCUT2D eigenvalue weighted by Crippen LogP contribution is -2.13. The summed E-state index contributed by atoms with van der Waals surface area (Å²) in [4.78, 5) is 12.2. The fourth-order valence-electron chi connectivity index (χ4n) is 5.03. The number of amides is 1. The number of ether oxygens (including phenoxy) is 2. The Labute approximate surface area is 252 Å². The zero-order valence-corrected chi connectivity index (χ0v) is 25.0. The Kier molecular flexibility index (Phi) is 9.56. The average Bonchev–Trinajstić information content (AvgIpc) is 3.66. The molecule has 0 unspecified atom stereocenters. The summed E-state index contributed by atoms with van der Waals surface area (Å²) < 4.78 is 20.3. The van der Waals surface area contributed by atoms with Crippen LogP contribution in [0, 0.1) is 0 Å². The summed E-state index contributed by atoms with van der Waals surface area (Å²) in [5, 5.41) is 8.66. The van der Waals surface area contributed by atoms with Gasteiger partial charge in [0.1, 0.15) is 30.5 Å². The summed E-state index contributed by atoms with van der Waals surface area (Å²) in [6.45, 7) is 8.03. The third kappa shape index (κ3) is 7.33. The molecule has 8 nitrogen and oxygen atoms in total. The van der Waals surface area contributed by atoms with Crippen LogP contribution >= 0.6 is 0 Å². The van der Waals surface area contributed by atoms with Crippen LogP contribution in [0.1, 0.15) is 71.6 Å². The van der Waals surface area contributed by atoms with Gasteiger partial charge in [0.2, 0.25) is 0 Å². The first-order chi connectivity index (χ1) is 20.9. The topological polar surface area (TPSA) is 105 Å². The maximum atomic E-state index is 12.2. The minimum Gasteiger partial charge on any atom is -0.488 e. The normalized spacial score (nSPS) is 11.2. The van der Waals surface area contributed by atoms with Crippen molar-refractivity contribution >= 4 is 5.91 Å². The number of hydrogen-bond donors (Lipinski definition) is 1. The number of carbonyl (C=O) groups excluding carboxylic acids is 1. The molecular formula is C35H38N4O4. The quantitative estimate of drug-likeness (QED) is 0.150. The van der Waals surface area contributed by atoms with Crippen LogP contribution in [0.4, 0.5) is 0 Å². The maximum absolute atomic E-state index is 12.2. The van der Waals surface area contributed by atoms with Crippen molar-refractivity contribution in [2.75, 3.05) is 0 Å². The molecule has 43 heavy (non-hydrogen) atoms. The highest BCUT2D eigenvalue weighted by molar-refractivity contribution is 5.97. The monoisotopic (exact) mass is 578 g/mol. The Balaban J connectivity index is 1.46. The van der Waals surface area contributed by atoms with E-state index in [1.807, 2.05) is 71.5 Å². The van der Waals surface area contributed by atoms with E-state index < -0.39 is 5.91 Å². The number of carbonyl (C=O) groups is 1. The maximum Gasteiger partial charge on any atom is 0.271 e. The molecule has 2 aromatic heterocycles. The SMILES string of the molecule is CCCn1ccc(-c2c(C(N)=O)noc2CCc2cc(C(C)C)c(OCc3ccccc3)cc2OCc2ccccc2)n1. The average molecular weight is 579 g/mol. The summed E-state index contributed by atoms with van der Waals surface area (Å²) in [6, 6.07) is 26.2. The van der Waals surface area contributed by atoms with Crippen molar-refractivity contribution in [1.82, 2.24) is 14.9 Å². The number of aryl methyl sites for hydroxylation is 3. The highest BCUT2D eigenvalue weighted by atomic mass is 16.5. The predicted molar refractivity (Wildman–Crippen MR) is 166 cm³/mol. The van der Waals surface area contributed by atoms with E-state index in [-0.39, 0.29) is 11.6 Å². The summed E-state index contributed by atoms with van der Waals surface area (Å²) in [6.07, 6.45) is 3.88. The number of aromatic nitrogens is 3. The van der Waals surface area contributed by atoms with Gasteiger partial charge in [-0.1, -0.05) is 86.6 Å². The van der Waals surface area contributed by atoms with Crippen molar-refractivity contribution < 1.29 is 18.8 Å². The van der Waals surface area contributed by atoms with Crippen LogP contribution in [0.5, 0.6) is 11.5 Å². The smallest absolute Gasteiger partial charge is 0.271 e. The molecule has 0 saturated carbocycles. The van der Waals surface area contributed by atoms with E-state index in [4.69, 9.17) is 19.7 Å². The van der Waals surface area contributed by atoms with Crippen LogP contribution in [0.3, 0.4) is 0 Å². The molecule has 0 aliphatic carbocycles. The molecule has 1 amide bonds. The molecule has 0 radical (unpaired) electrons. The summed E-state index contributed by atoms with van der Waals surface area (Å²) in [7, 11) is 0. The van der Waals surface area contributed by atoms with Crippen LogP contribution in [0.2, 0.25) is 0 Å². The lowest BCUT2D eigenvalue weighted by molar-refractivity contribution is 0.0992. The number of rotatable bonds is 14. The minimum absolute atomic E-state index is 0.0878. The molecule has 3 aromatic carbocycles. The number of primary amides is 1. The van der Waals surface area contributed by atoms with Crippen molar-refractivity contribution in [2.45, 2.75) is 65.7 Å². The molecule has 2 heterocycles. The first-order valence-corrected chi connectivity index (χ1v) is 14.7. The van der Waals surface area contributed by atoms with Crippen LogP contribution in [0.25, 0.3) is 11.3 Å². The van der Waals surface area contributed by atoms with Crippen molar-refractivity contribution in [1.29, 1.82) is 0 Å². The first kappa shape index (κ1) is 29.6. The van der Waals surface area contributed by atoms with Gasteiger partial charge in [-0.25, -0.2) is 0 Å². The molecule has 0 aliphatic heterocycles. The minimum atomic E-state index is -0.649. The van der Waals surface area contributed by atoms with Crippen molar-refractivity contribution in [2.24, 2.45) is 5.73 Å². The van der Waals surface area contributed by atoms with Crippen molar-refractivity contribution in [3.8, 4) is 22.8 Å². The van der Waals surface area contributed by atoms with E-state index >= 15 is 0 Å². The molecule has 8 heteroatoms. The van der Waals surface area contributed by atoms with Gasteiger partial charge < -0.3 is 19.7 Å². The highest BCUT2D eigenvalue weighted by Gasteiger charge is 2.24. The second-order valence-electron chi connectivity index (χ2n) is 10.9. The number of hydrogen-bond acceptors (Lipinski definition) is 6. The molecule has 5 aromatic rings. The van der Waals surface area contributed by atoms with E-state index in [1.165, 1.54) is 0 Å². The molecule has 0 saturated heterocycles. The van der Waals surface area contributed by atoms with Gasteiger partial charge in [0, 0.05) is 25.2 Å². The summed E-state index contributed by atoms with van der Waals surface area (Å²) in [5.74, 6) is 1.66. The summed E-state index contributed by atoms with van der Waals surface area (Å²) in [5.41, 5.74) is 11.2.